The minimum Gasteiger partial charge on any atom is -0.466 e. The summed E-state index contributed by atoms with van der Waals surface area (Å²) in [4.78, 5) is 26.8. The lowest BCUT2D eigenvalue weighted by Gasteiger charge is -2.23. The second-order valence-corrected chi connectivity index (χ2v) is 18.2. The third kappa shape index (κ3) is 35.2. The summed E-state index contributed by atoms with van der Waals surface area (Å²) in [6, 6.07) is 0. The van der Waals surface area contributed by atoms with Crippen LogP contribution in [0, 0.1) is 22.7 Å². The zero-order valence-corrected chi connectivity index (χ0v) is 34.9. The number of hydrogen-bond donors (Lipinski definition) is 1. The van der Waals surface area contributed by atoms with Crippen molar-refractivity contribution >= 4 is 11.9 Å². The molecular formula is C43H85NO6. The third-order valence-corrected chi connectivity index (χ3v) is 9.38. The zero-order chi connectivity index (χ0) is 37.8. The van der Waals surface area contributed by atoms with Crippen LogP contribution in [0.25, 0.3) is 0 Å². The number of aliphatic hydroxyl groups excluding tert-OH is 1. The zero-order valence-electron chi connectivity index (χ0n) is 34.9. The van der Waals surface area contributed by atoms with Crippen LogP contribution in [-0.2, 0) is 23.8 Å². The van der Waals surface area contributed by atoms with E-state index in [4.69, 9.17) is 14.2 Å². The second kappa shape index (κ2) is 29.3. The van der Waals surface area contributed by atoms with Gasteiger partial charge in [-0.2, -0.15) is 0 Å². The first kappa shape index (κ1) is 48.8. The van der Waals surface area contributed by atoms with Crippen LogP contribution < -0.4 is 0 Å². The van der Waals surface area contributed by atoms with E-state index < -0.39 is 6.29 Å². The first-order chi connectivity index (χ1) is 23.5. The van der Waals surface area contributed by atoms with Crippen LogP contribution in [0.15, 0.2) is 0 Å². The molecule has 4 atom stereocenters. The average Bonchev–Trinajstić information content (AvgIpc) is 2.97. The molecule has 0 heterocycles. The Kier molecular flexibility index (Phi) is 28.6. The third-order valence-electron chi connectivity index (χ3n) is 9.38. The molecule has 0 radical (unpaired) electrons. The quantitative estimate of drug-likeness (QED) is 0.0422. The Morgan fingerprint density at radius 3 is 1.52 bits per heavy atom. The van der Waals surface area contributed by atoms with Gasteiger partial charge in [0.05, 0.1) is 6.61 Å². The molecule has 0 aliphatic rings. The van der Waals surface area contributed by atoms with Crippen LogP contribution in [0.1, 0.15) is 197 Å². The molecule has 0 aromatic carbocycles. The Hall–Kier alpha value is -1.18. The minimum atomic E-state index is -0.642. The monoisotopic (exact) mass is 712 g/mol. The van der Waals surface area contributed by atoms with E-state index in [1.807, 2.05) is 14.1 Å². The van der Waals surface area contributed by atoms with Gasteiger partial charge in [-0.1, -0.05) is 107 Å². The van der Waals surface area contributed by atoms with Gasteiger partial charge in [-0.25, -0.2) is 0 Å². The molecule has 1 N–H and O–H groups in total. The van der Waals surface area contributed by atoms with Crippen LogP contribution >= 0.6 is 0 Å². The summed E-state index contributed by atoms with van der Waals surface area (Å²) in [6.45, 7) is 20.2. The van der Waals surface area contributed by atoms with Gasteiger partial charge >= 0.3 is 11.9 Å². The van der Waals surface area contributed by atoms with Gasteiger partial charge in [0.15, 0.2) is 6.29 Å². The molecule has 4 unspecified atom stereocenters. The van der Waals surface area contributed by atoms with E-state index in [9.17, 15) is 14.7 Å². The lowest BCUT2D eigenvalue weighted by atomic mass is 9.84. The maximum Gasteiger partial charge on any atom is 0.306 e. The number of nitrogens with zero attached hydrogens (tertiary/aromatic N) is 1. The summed E-state index contributed by atoms with van der Waals surface area (Å²) in [5, 5.41) is 10.2. The van der Waals surface area contributed by atoms with Gasteiger partial charge in [-0.3, -0.25) is 9.59 Å². The Bertz CT molecular complexity index is 817. The highest BCUT2D eigenvalue weighted by atomic mass is 16.6. The van der Waals surface area contributed by atoms with Gasteiger partial charge < -0.3 is 24.2 Å². The first-order valence-electron chi connectivity index (χ1n) is 20.8. The van der Waals surface area contributed by atoms with E-state index in [2.05, 4.69) is 60.3 Å². The van der Waals surface area contributed by atoms with Crippen molar-refractivity contribution in [1.82, 2.24) is 4.90 Å². The minimum absolute atomic E-state index is 0.0150. The normalized spacial score (nSPS) is 14.8. The van der Waals surface area contributed by atoms with Crippen molar-refractivity contribution in [3.63, 3.8) is 0 Å². The highest BCUT2D eigenvalue weighted by Crippen LogP contribution is 2.27. The number of rotatable bonds is 32. The molecule has 0 aromatic heterocycles. The summed E-state index contributed by atoms with van der Waals surface area (Å²) < 4.78 is 17.1. The van der Waals surface area contributed by atoms with Gasteiger partial charge in [0.1, 0.15) is 6.10 Å². The summed E-state index contributed by atoms with van der Waals surface area (Å²) in [7, 11) is 4.06. The number of carbonyl (C=O) groups excluding carboxylic acids is 2. The Morgan fingerprint density at radius 2 is 1.02 bits per heavy atom. The van der Waals surface area contributed by atoms with Crippen molar-refractivity contribution in [3.05, 3.63) is 0 Å². The number of carbonyl (C=O) groups is 2. The maximum absolute atomic E-state index is 12.6. The Morgan fingerprint density at radius 1 is 0.580 bits per heavy atom. The molecule has 0 amide bonds. The topological polar surface area (TPSA) is 85.3 Å². The predicted octanol–water partition coefficient (Wildman–Crippen LogP) is 11.3. The number of aliphatic hydroxyl groups is 1. The van der Waals surface area contributed by atoms with Crippen molar-refractivity contribution in [2.24, 2.45) is 22.7 Å². The molecule has 0 spiro atoms. The molecule has 0 saturated carbocycles. The van der Waals surface area contributed by atoms with E-state index in [0.717, 1.165) is 109 Å². The van der Waals surface area contributed by atoms with Gasteiger partial charge in [0, 0.05) is 19.4 Å². The molecule has 0 aliphatic carbocycles. The molecule has 0 rings (SSSR count). The van der Waals surface area contributed by atoms with Gasteiger partial charge in [0.2, 0.25) is 0 Å². The van der Waals surface area contributed by atoms with Crippen LogP contribution in [-0.4, -0.2) is 68.2 Å². The summed E-state index contributed by atoms with van der Waals surface area (Å²) in [5.41, 5.74) is 0.649. The van der Waals surface area contributed by atoms with Crippen molar-refractivity contribution in [2.75, 3.05) is 33.9 Å². The summed E-state index contributed by atoms with van der Waals surface area (Å²) in [5.74, 6) is 1.06. The average molecular weight is 712 g/mol. The number of hydrogen-bond acceptors (Lipinski definition) is 7. The molecule has 7 nitrogen and oxygen atoms in total. The predicted molar refractivity (Wildman–Crippen MR) is 210 cm³/mol. The number of ether oxygens (including phenoxy) is 3. The molecule has 0 fully saturated rings. The summed E-state index contributed by atoms with van der Waals surface area (Å²) >= 11 is 0. The first-order valence-corrected chi connectivity index (χ1v) is 20.8. The van der Waals surface area contributed by atoms with Gasteiger partial charge in [-0.15, -0.1) is 0 Å². The highest BCUT2D eigenvalue weighted by Gasteiger charge is 2.17. The van der Waals surface area contributed by atoms with Crippen molar-refractivity contribution in [1.29, 1.82) is 0 Å². The van der Waals surface area contributed by atoms with Crippen LogP contribution in [0.4, 0.5) is 0 Å². The standard InChI is InChI=1S/C43H85NO6/c1-36(34-42(3,4)5)29-32-48-39(45)26-21-17-13-11-15-19-24-38(50-41(47)28-23-31-44(9)10)25-20-16-12-14-18-22-27-40(46)49-33-30-37(2)35-43(6,7)8/h36-39,45H,11-35H2,1-10H3. The largest absolute Gasteiger partial charge is 0.466 e. The number of esters is 2. The SMILES string of the molecule is CC(CCOC(=O)CCCCCCCCC(CCCCCCCCC(O)OCCC(C)CC(C)(C)C)OC(=O)CCCN(C)C)CC(C)(C)C. The van der Waals surface area contributed by atoms with Gasteiger partial charge in [-0.05, 0) is 120 Å². The fourth-order valence-electron chi connectivity index (χ4n) is 7.02. The van der Waals surface area contributed by atoms with Crippen LogP contribution in [0.2, 0.25) is 0 Å². The summed E-state index contributed by atoms with van der Waals surface area (Å²) in [6.07, 6.45) is 21.2. The maximum atomic E-state index is 12.6. The lowest BCUT2D eigenvalue weighted by Crippen LogP contribution is -2.20. The van der Waals surface area contributed by atoms with Crippen molar-refractivity contribution < 1.29 is 28.9 Å². The highest BCUT2D eigenvalue weighted by molar-refractivity contribution is 5.69. The van der Waals surface area contributed by atoms with E-state index in [1.165, 1.54) is 19.3 Å². The molecule has 0 aromatic rings. The fraction of sp³-hybridized carbons (Fsp3) is 0.953. The lowest BCUT2D eigenvalue weighted by molar-refractivity contribution is -0.150. The molecule has 7 heteroatoms. The van der Waals surface area contributed by atoms with Crippen LogP contribution in [0.3, 0.4) is 0 Å². The number of unbranched alkanes of at least 4 members (excludes halogenated alkanes) is 10. The second-order valence-electron chi connectivity index (χ2n) is 18.2. The van der Waals surface area contributed by atoms with Gasteiger partial charge in [0.25, 0.3) is 0 Å². The molecule has 0 saturated heterocycles. The molecular weight excluding hydrogens is 626 g/mol. The van der Waals surface area contributed by atoms with E-state index in [-0.39, 0.29) is 18.0 Å². The van der Waals surface area contributed by atoms with E-state index >= 15 is 0 Å². The van der Waals surface area contributed by atoms with Crippen molar-refractivity contribution in [3.8, 4) is 0 Å². The molecule has 298 valence electrons. The van der Waals surface area contributed by atoms with E-state index in [1.54, 1.807) is 0 Å². The van der Waals surface area contributed by atoms with Crippen molar-refractivity contribution in [2.45, 2.75) is 209 Å². The Labute approximate surface area is 310 Å². The molecule has 0 bridgehead atoms. The van der Waals surface area contributed by atoms with Crippen LogP contribution in [0.5, 0.6) is 0 Å². The fourth-order valence-corrected chi connectivity index (χ4v) is 7.02. The molecule has 0 aliphatic heterocycles. The smallest absolute Gasteiger partial charge is 0.306 e. The van der Waals surface area contributed by atoms with E-state index in [0.29, 0.717) is 55.1 Å². The molecule has 50 heavy (non-hydrogen) atoms. The Balaban J connectivity index is 4.15.